The predicted octanol–water partition coefficient (Wildman–Crippen LogP) is 2.48. The molecular weight excluding hydrogens is 242 g/mol. The lowest BCUT2D eigenvalue weighted by molar-refractivity contribution is 0.0521. The van der Waals surface area contributed by atoms with Crippen molar-refractivity contribution < 1.29 is 14.3 Å². The second kappa shape index (κ2) is 6.12. The average Bonchev–Trinajstić information content (AvgIpc) is 2.37. The van der Waals surface area contributed by atoms with Crippen LogP contribution in [0.1, 0.15) is 28.4 Å². The van der Waals surface area contributed by atoms with E-state index in [-0.39, 0.29) is 18.1 Å². The fourth-order valence-corrected chi connectivity index (χ4v) is 1.65. The van der Waals surface area contributed by atoms with E-state index in [1.807, 2.05) is 6.07 Å². The Balaban J connectivity index is 3.35. The van der Waals surface area contributed by atoms with E-state index in [0.29, 0.717) is 16.9 Å². The molecule has 0 saturated heterocycles. The molecule has 0 aliphatic carbocycles. The molecule has 0 unspecified atom stereocenters. The number of esters is 1. The second-order valence-corrected chi connectivity index (χ2v) is 3.45. The van der Waals surface area contributed by atoms with E-state index >= 15 is 0 Å². The van der Waals surface area contributed by atoms with Crippen molar-refractivity contribution in [2.75, 3.05) is 13.7 Å². The summed E-state index contributed by atoms with van der Waals surface area (Å²) in [5, 5.41) is 8.85. The molecule has 4 nitrogen and oxygen atoms in total. The standard InChI is InChI=1S/C12H12ClNO3/c1-3-17-12(15)11-9(6-13)4-8(7-14)5-10(11)16-2/h4-5H,3,6H2,1-2H3. The minimum atomic E-state index is -0.496. The minimum absolute atomic E-state index is 0.111. The largest absolute Gasteiger partial charge is 0.496 e. The Morgan fingerprint density at radius 1 is 1.53 bits per heavy atom. The third-order valence-electron chi connectivity index (χ3n) is 2.16. The van der Waals surface area contributed by atoms with Crippen LogP contribution in [0, 0.1) is 11.3 Å². The zero-order valence-corrected chi connectivity index (χ0v) is 10.4. The Bertz CT molecular complexity index is 440. The van der Waals surface area contributed by atoms with E-state index in [0.717, 1.165) is 0 Å². The molecule has 0 aromatic heterocycles. The van der Waals surface area contributed by atoms with Crippen molar-refractivity contribution in [2.24, 2.45) is 0 Å². The van der Waals surface area contributed by atoms with Gasteiger partial charge in [0.1, 0.15) is 11.3 Å². The summed E-state index contributed by atoms with van der Waals surface area (Å²) < 4.78 is 10.0. The monoisotopic (exact) mass is 253 g/mol. The van der Waals surface area contributed by atoms with Gasteiger partial charge in [-0.05, 0) is 24.6 Å². The second-order valence-electron chi connectivity index (χ2n) is 3.18. The zero-order valence-electron chi connectivity index (χ0n) is 9.62. The van der Waals surface area contributed by atoms with Crippen LogP contribution in [0.4, 0.5) is 0 Å². The van der Waals surface area contributed by atoms with Crippen molar-refractivity contribution in [1.29, 1.82) is 5.26 Å². The van der Waals surface area contributed by atoms with E-state index in [9.17, 15) is 4.79 Å². The van der Waals surface area contributed by atoms with Crippen LogP contribution in [-0.4, -0.2) is 19.7 Å². The van der Waals surface area contributed by atoms with Gasteiger partial charge >= 0.3 is 5.97 Å². The molecule has 0 aliphatic rings. The predicted molar refractivity (Wildman–Crippen MR) is 63.2 cm³/mol. The van der Waals surface area contributed by atoms with Gasteiger partial charge in [-0.2, -0.15) is 5.26 Å². The molecule has 0 aliphatic heterocycles. The van der Waals surface area contributed by atoms with Gasteiger partial charge in [-0.3, -0.25) is 0 Å². The molecular formula is C12H12ClNO3. The molecule has 0 fully saturated rings. The fraction of sp³-hybridized carbons (Fsp3) is 0.333. The quantitative estimate of drug-likeness (QED) is 0.611. The summed E-state index contributed by atoms with van der Waals surface area (Å²) >= 11 is 5.76. The van der Waals surface area contributed by atoms with Crippen molar-refractivity contribution in [3.63, 3.8) is 0 Å². The van der Waals surface area contributed by atoms with Gasteiger partial charge < -0.3 is 9.47 Å². The van der Waals surface area contributed by atoms with Crippen molar-refractivity contribution in [1.82, 2.24) is 0 Å². The summed E-state index contributed by atoms with van der Waals surface area (Å²) in [4.78, 5) is 11.8. The summed E-state index contributed by atoms with van der Waals surface area (Å²) in [6, 6.07) is 5.03. The van der Waals surface area contributed by atoms with Gasteiger partial charge in [0.2, 0.25) is 0 Å². The van der Waals surface area contributed by atoms with Crippen LogP contribution < -0.4 is 4.74 Å². The number of halogens is 1. The van der Waals surface area contributed by atoms with Crippen molar-refractivity contribution in [2.45, 2.75) is 12.8 Å². The maximum Gasteiger partial charge on any atom is 0.342 e. The van der Waals surface area contributed by atoms with Crippen LogP contribution >= 0.6 is 11.6 Å². The normalized spacial score (nSPS) is 9.53. The summed E-state index contributed by atoms with van der Waals surface area (Å²) in [6.07, 6.45) is 0. The number of rotatable bonds is 4. The van der Waals surface area contributed by atoms with E-state index in [1.54, 1.807) is 13.0 Å². The molecule has 5 heteroatoms. The summed E-state index contributed by atoms with van der Waals surface area (Å²) in [6.45, 7) is 1.98. The highest BCUT2D eigenvalue weighted by molar-refractivity contribution is 6.17. The Hall–Kier alpha value is -1.73. The lowest BCUT2D eigenvalue weighted by Gasteiger charge is -2.11. The van der Waals surface area contributed by atoms with Crippen molar-refractivity contribution in [3.8, 4) is 11.8 Å². The zero-order chi connectivity index (χ0) is 12.8. The lowest BCUT2D eigenvalue weighted by Crippen LogP contribution is -2.10. The number of carbonyl (C=O) groups excluding carboxylic acids is 1. The Morgan fingerprint density at radius 2 is 2.24 bits per heavy atom. The Kier molecular flexibility index (Phi) is 4.80. The highest BCUT2D eigenvalue weighted by Gasteiger charge is 2.19. The summed E-state index contributed by atoms with van der Waals surface area (Å²) in [5.74, 6) is -0.0809. The number of alkyl halides is 1. The molecule has 1 rings (SSSR count). The molecule has 0 heterocycles. The molecule has 0 spiro atoms. The first-order valence-corrected chi connectivity index (χ1v) is 5.55. The van der Waals surface area contributed by atoms with E-state index in [4.69, 9.17) is 26.3 Å². The van der Waals surface area contributed by atoms with Gasteiger partial charge in [0.25, 0.3) is 0 Å². The van der Waals surface area contributed by atoms with E-state index < -0.39 is 5.97 Å². The number of carbonyl (C=O) groups is 1. The van der Waals surface area contributed by atoms with Gasteiger partial charge in [-0.15, -0.1) is 11.6 Å². The molecule has 90 valence electrons. The van der Waals surface area contributed by atoms with E-state index in [2.05, 4.69) is 0 Å². The van der Waals surface area contributed by atoms with Crippen LogP contribution in [0.5, 0.6) is 5.75 Å². The van der Waals surface area contributed by atoms with Gasteiger partial charge in [0.15, 0.2) is 0 Å². The van der Waals surface area contributed by atoms with Gasteiger partial charge in [0, 0.05) is 5.88 Å². The highest BCUT2D eigenvalue weighted by atomic mass is 35.5. The lowest BCUT2D eigenvalue weighted by atomic mass is 10.0. The number of hydrogen-bond donors (Lipinski definition) is 0. The molecule has 0 saturated carbocycles. The third kappa shape index (κ3) is 2.89. The molecule has 0 N–H and O–H groups in total. The van der Waals surface area contributed by atoms with Gasteiger partial charge in [-0.1, -0.05) is 0 Å². The fourth-order valence-electron chi connectivity index (χ4n) is 1.44. The molecule has 0 atom stereocenters. The van der Waals surface area contributed by atoms with Crippen LogP contribution in [0.2, 0.25) is 0 Å². The molecule has 17 heavy (non-hydrogen) atoms. The van der Waals surface area contributed by atoms with Crippen molar-refractivity contribution >= 4 is 17.6 Å². The molecule has 0 radical (unpaired) electrons. The number of nitrogens with zero attached hydrogens (tertiary/aromatic N) is 1. The topological polar surface area (TPSA) is 59.3 Å². The summed E-state index contributed by atoms with van der Waals surface area (Å²) in [7, 11) is 1.43. The van der Waals surface area contributed by atoms with Gasteiger partial charge in [-0.25, -0.2) is 4.79 Å². The third-order valence-corrected chi connectivity index (χ3v) is 2.44. The number of nitriles is 1. The number of methoxy groups -OCH3 is 1. The van der Waals surface area contributed by atoms with Crippen LogP contribution in [0.25, 0.3) is 0 Å². The smallest absolute Gasteiger partial charge is 0.342 e. The number of hydrogen-bond acceptors (Lipinski definition) is 4. The molecule has 1 aromatic carbocycles. The average molecular weight is 254 g/mol. The molecule has 1 aromatic rings. The maximum atomic E-state index is 11.8. The Labute approximate surface area is 105 Å². The first kappa shape index (κ1) is 13.3. The minimum Gasteiger partial charge on any atom is -0.496 e. The first-order valence-electron chi connectivity index (χ1n) is 5.02. The van der Waals surface area contributed by atoms with Crippen LogP contribution in [-0.2, 0) is 10.6 Å². The highest BCUT2D eigenvalue weighted by Crippen LogP contribution is 2.26. The van der Waals surface area contributed by atoms with E-state index in [1.165, 1.54) is 13.2 Å². The maximum absolute atomic E-state index is 11.8. The Morgan fingerprint density at radius 3 is 2.71 bits per heavy atom. The molecule has 0 bridgehead atoms. The van der Waals surface area contributed by atoms with Crippen molar-refractivity contribution in [3.05, 3.63) is 28.8 Å². The van der Waals surface area contributed by atoms with Gasteiger partial charge in [0.05, 0.1) is 25.3 Å². The number of ether oxygens (including phenoxy) is 2. The summed E-state index contributed by atoms with van der Waals surface area (Å²) in [5.41, 5.74) is 1.20. The van der Waals surface area contributed by atoms with Crippen LogP contribution in [0.3, 0.4) is 0 Å². The number of benzene rings is 1. The SMILES string of the molecule is CCOC(=O)c1c(CCl)cc(C#N)cc1OC. The van der Waals surface area contributed by atoms with Crippen LogP contribution in [0.15, 0.2) is 12.1 Å². The first-order chi connectivity index (χ1) is 8.17. The molecule has 0 amide bonds.